The molecule has 0 aliphatic carbocycles. The highest BCUT2D eigenvalue weighted by Gasteiger charge is 2.14. The molecular formula is C15H17N5. The molecule has 0 amide bonds. The average Bonchev–Trinajstić information content (AvgIpc) is 2.86. The molecule has 2 aromatic heterocycles. The lowest BCUT2D eigenvalue weighted by Gasteiger charge is -2.08. The van der Waals surface area contributed by atoms with E-state index in [2.05, 4.69) is 34.1 Å². The zero-order chi connectivity index (χ0) is 13.9. The summed E-state index contributed by atoms with van der Waals surface area (Å²) in [4.78, 5) is 8.13. The number of para-hydroxylation sites is 1. The minimum Gasteiger partial charge on any atom is -0.322 e. The Bertz CT molecular complexity index is 705. The Morgan fingerprint density at radius 1 is 1.25 bits per heavy atom. The second-order valence-electron chi connectivity index (χ2n) is 4.72. The Morgan fingerprint density at radius 2 is 2.10 bits per heavy atom. The first-order chi connectivity index (χ1) is 9.79. The Labute approximate surface area is 117 Å². The van der Waals surface area contributed by atoms with Crippen LogP contribution in [0, 0.1) is 0 Å². The third-order valence-electron chi connectivity index (χ3n) is 3.43. The molecule has 0 fully saturated rings. The summed E-state index contributed by atoms with van der Waals surface area (Å²) in [5.74, 6) is 0. The van der Waals surface area contributed by atoms with Gasteiger partial charge >= 0.3 is 0 Å². The molecule has 102 valence electrons. The van der Waals surface area contributed by atoms with Crippen molar-refractivity contribution in [2.75, 3.05) is 0 Å². The van der Waals surface area contributed by atoms with E-state index in [1.807, 2.05) is 22.9 Å². The molecule has 0 bridgehead atoms. The van der Waals surface area contributed by atoms with E-state index in [4.69, 9.17) is 5.73 Å². The topological polar surface area (TPSA) is 69.6 Å². The Morgan fingerprint density at radius 3 is 2.85 bits per heavy atom. The first-order valence-electron chi connectivity index (χ1n) is 6.75. The third-order valence-corrected chi connectivity index (χ3v) is 3.43. The maximum atomic E-state index is 6.23. The van der Waals surface area contributed by atoms with Gasteiger partial charge in [0.2, 0.25) is 0 Å². The molecule has 0 saturated heterocycles. The summed E-state index contributed by atoms with van der Waals surface area (Å²) in [6.45, 7) is 2.94. The highest BCUT2D eigenvalue weighted by molar-refractivity contribution is 5.82. The van der Waals surface area contributed by atoms with Crippen LogP contribution in [0.3, 0.4) is 0 Å². The van der Waals surface area contributed by atoms with Gasteiger partial charge in [-0.15, -0.1) is 0 Å². The van der Waals surface area contributed by atoms with E-state index in [-0.39, 0.29) is 6.04 Å². The van der Waals surface area contributed by atoms with Gasteiger partial charge in [0.15, 0.2) is 0 Å². The summed E-state index contributed by atoms with van der Waals surface area (Å²) < 4.78 is 2.01. The van der Waals surface area contributed by atoms with Crippen LogP contribution in [-0.2, 0) is 13.0 Å². The van der Waals surface area contributed by atoms with Gasteiger partial charge in [-0.2, -0.15) is 5.10 Å². The smallest absolute Gasteiger partial charge is 0.115 e. The second kappa shape index (κ2) is 5.38. The zero-order valence-corrected chi connectivity index (χ0v) is 11.4. The molecular weight excluding hydrogens is 250 g/mol. The van der Waals surface area contributed by atoms with E-state index in [1.54, 1.807) is 6.20 Å². The van der Waals surface area contributed by atoms with E-state index in [9.17, 15) is 0 Å². The Hall–Kier alpha value is -2.27. The number of benzene rings is 1. The minimum absolute atomic E-state index is 0.165. The molecule has 1 atom stereocenters. The standard InChI is InChI=1S/C15H17N5/c1-2-20-15-6-4-3-5-11(15)14(19-20)9-12(16)13-7-8-17-10-18-13/h3-8,10,12H,2,9,16H2,1H3. The van der Waals surface area contributed by atoms with Gasteiger partial charge < -0.3 is 5.73 Å². The largest absolute Gasteiger partial charge is 0.322 e. The maximum absolute atomic E-state index is 6.23. The van der Waals surface area contributed by atoms with E-state index in [1.165, 1.54) is 11.7 Å². The average molecular weight is 267 g/mol. The van der Waals surface area contributed by atoms with Crippen molar-refractivity contribution in [2.24, 2.45) is 5.73 Å². The number of fused-ring (bicyclic) bond motifs is 1. The predicted molar refractivity (Wildman–Crippen MR) is 78.1 cm³/mol. The Kier molecular flexibility index (Phi) is 3.43. The maximum Gasteiger partial charge on any atom is 0.115 e. The number of nitrogens with two attached hydrogens (primary N) is 1. The first-order valence-corrected chi connectivity index (χ1v) is 6.75. The predicted octanol–water partition coefficient (Wildman–Crippen LogP) is 2.09. The molecule has 1 unspecified atom stereocenters. The van der Waals surface area contributed by atoms with E-state index in [0.29, 0.717) is 6.42 Å². The fourth-order valence-corrected chi connectivity index (χ4v) is 2.42. The van der Waals surface area contributed by atoms with E-state index >= 15 is 0 Å². The summed E-state index contributed by atoms with van der Waals surface area (Å²) in [5.41, 5.74) is 9.25. The zero-order valence-electron chi connectivity index (χ0n) is 11.4. The van der Waals surface area contributed by atoms with Gasteiger partial charge in [0.25, 0.3) is 0 Å². The lowest BCUT2D eigenvalue weighted by molar-refractivity contribution is 0.633. The molecule has 1 aromatic carbocycles. The van der Waals surface area contributed by atoms with Crippen molar-refractivity contribution >= 4 is 10.9 Å². The van der Waals surface area contributed by atoms with Crippen molar-refractivity contribution in [1.82, 2.24) is 19.7 Å². The third kappa shape index (κ3) is 2.28. The molecule has 3 aromatic rings. The molecule has 0 aliphatic rings. The molecule has 5 heteroatoms. The van der Waals surface area contributed by atoms with Gasteiger partial charge in [-0.05, 0) is 19.1 Å². The van der Waals surface area contributed by atoms with Crippen LogP contribution in [-0.4, -0.2) is 19.7 Å². The van der Waals surface area contributed by atoms with Crippen LogP contribution in [0.4, 0.5) is 0 Å². The van der Waals surface area contributed by atoms with Crippen LogP contribution < -0.4 is 5.73 Å². The van der Waals surface area contributed by atoms with Gasteiger partial charge in [-0.1, -0.05) is 18.2 Å². The number of aromatic nitrogens is 4. The number of hydrogen-bond acceptors (Lipinski definition) is 4. The van der Waals surface area contributed by atoms with Crippen molar-refractivity contribution in [3.63, 3.8) is 0 Å². The minimum atomic E-state index is -0.165. The SMILES string of the molecule is CCn1nc(CC(N)c2ccncn2)c2ccccc21. The van der Waals surface area contributed by atoms with Crippen LogP contribution in [0.15, 0.2) is 42.9 Å². The highest BCUT2D eigenvalue weighted by atomic mass is 15.3. The second-order valence-corrected chi connectivity index (χ2v) is 4.72. The quantitative estimate of drug-likeness (QED) is 0.785. The van der Waals surface area contributed by atoms with E-state index < -0.39 is 0 Å². The molecule has 0 radical (unpaired) electrons. The first kappa shape index (κ1) is 12.7. The van der Waals surface area contributed by atoms with Crippen LogP contribution in [0.2, 0.25) is 0 Å². The summed E-state index contributed by atoms with van der Waals surface area (Å²) in [6, 6.07) is 9.93. The lowest BCUT2D eigenvalue weighted by atomic mass is 10.1. The molecule has 0 aliphatic heterocycles. The molecule has 2 heterocycles. The van der Waals surface area contributed by atoms with E-state index in [0.717, 1.165) is 23.4 Å². The van der Waals surface area contributed by atoms with Crippen LogP contribution in [0.25, 0.3) is 10.9 Å². The summed E-state index contributed by atoms with van der Waals surface area (Å²) in [5, 5.41) is 5.83. The van der Waals surface area contributed by atoms with Crippen LogP contribution in [0.5, 0.6) is 0 Å². The van der Waals surface area contributed by atoms with Crippen molar-refractivity contribution in [2.45, 2.75) is 25.9 Å². The number of nitrogens with zero attached hydrogens (tertiary/aromatic N) is 4. The summed E-state index contributed by atoms with van der Waals surface area (Å²) in [7, 11) is 0. The fraction of sp³-hybridized carbons (Fsp3) is 0.267. The lowest BCUT2D eigenvalue weighted by Crippen LogP contribution is -2.15. The normalized spacial score (nSPS) is 12.7. The van der Waals surface area contributed by atoms with Gasteiger partial charge in [0.1, 0.15) is 6.33 Å². The van der Waals surface area contributed by atoms with Crippen molar-refractivity contribution < 1.29 is 0 Å². The van der Waals surface area contributed by atoms with Crippen molar-refractivity contribution in [1.29, 1.82) is 0 Å². The number of aryl methyl sites for hydroxylation is 1. The van der Waals surface area contributed by atoms with Gasteiger partial charge in [-0.3, -0.25) is 4.68 Å². The number of rotatable bonds is 4. The molecule has 0 saturated carbocycles. The monoisotopic (exact) mass is 267 g/mol. The summed E-state index contributed by atoms with van der Waals surface area (Å²) >= 11 is 0. The van der Waals surface area contributed by atoms with Gasteiger partial charge in [0, 0.05) is 24.5 Å². The van der Waals surface area contributed by atoms with Crippen LogP contribution >= 0.6 is 0 Å². The van der Waals surface area contributed by atoms with Gasteiger partial charge in [0.05, 0.1) is 22.9 Å². The van der Waals surface area contributed by atoms with Crippen molar-refractivity contribution in [3.8, 4) is 0 Å². The molecule has 20 heavy (non-hydrogen) atoms. The fourth-order valence-electron chi connectivity index (χ4n) is 2.42. The van der Waals surface area contributed by atoms with Crippen LogP contribution in [0.1, 0.15) is 24.4 Å². The highest BCUT2D eigenvalue weighted by Crippen LogP contribution is 2.22. The van der Waals surface area contributed by atoms with Gasteiger partial charge in [-0.25, -0.2) is 9.97 Å². The molecule has 0 spiro atoms. The Balaban J connectivity index is 1.95. The molecule has 5 nitrogen and oxygen atoms in total. The summed E-state index contributed by atoms with van der Waals surface area (Å²) in [6.07, 6.45) is 3.91. The molecule has 3 rings (SSSR count). The molecule has 2 N–H and O–H groups in total. The van der Waals surface area contributed by atoms with Crippen molar-refractivity contribution in [3.05, 3.63) is 54.2 Å². The number of hydrogen-bond donors (Lipinski definition) is 1.